The number of rotatable bonds is 3. The zero-order valence-corrected chi connectivity index (χ0v) is 11.1. The van der Waals surface area contributed by atoms with Gasteiger partial charge >= 0.3 is 6.18 Å². The summed E-state index contributed by atoms with van der Waals surface area (Å²) in [6, 6.07) is 2.78. The van der Waals surface area contributed by atoms with Gasteiger partial charge in [-0.1, -0.05) is 0 Å². The Hall–Kier alpha value is -1.83. The molecule has 21 heavy (non-hydrogen) atoms. The van der Waals surface area contributed by atoms with E-state index in [2.05, 4.69) is 0 Å². The second-order valence-corrected chi connectivity index (χ2v) is 5.09. The van der Waals surface area contributed by atoms with E-state index in [9.17, 15) is 23.3 Å². The molecule has 2 rings (SSSR count). The number of nitro groups is 1. The van der Waals surface area contributed by atoms with Crippen molar-refractivity contribution in [1.29, 1.82) is 0 Å². The topological polar surface area (TPSA) is 66.6 Å². The quantitative estimate of drug-likeness (QED) is 0.689. The van der Waals surface area contributed by atoms with Crippen LogP contribution in [0.2, 0.25) is 0 Å². The summed E-state index contributed by atoms with van der Waals surface area (Å²) in [7, 11) is 0. The van der Waals surface area contributed by atoms with Gasteiger partial charge in [-0.2, -0.15) is 13.2 Å². The number of benzene rings is 1. The molecule has 0 aromatic heterocycles. The van der Waals surface area contributed by atoms with Crippen molar-refractivity contribution in [1.82, 2.24) is 0 Å². The minimum atomic E-state index is -4.66. The Labute approximate surface area is 119 Å². The maximum Gasteiger partial charge on any atom is 0.418 e. The maximum absolute atomic E-state index is 13.1. The second kappa shape index (κ2) is 5.88. The number of nitrogens with zero attached hydrogens (tertiary/aromatic N) is 2. The summed E-state index contributed by atoms with van der Waals surface area (Å²) in [5, 5.41) is 19.8. The van der Waals surface area contributed by atoms with Gasteiger partial charge in [-0.05, 0) is 24.8 Å². The number of nitro benzene ring substituents is 1. The highest BCUT2D eigenvalue weighted by molar-refractivity contribution is 5.59. The molecule has 0 radical (unpaired) electrons. The molecule has 1 atom stereocenters. The highest BCUT2D eigenvalue weighted by Gasteiger charge is 2.37. The standard InChI is InChI=1S/C13H15F3N2O3/c14-13(15,16)11-6-10(18(20)21)3-4-12(11)17-5-1-2-9(7-17)8-19/h3-4,6,9,19H,1-2,5,7-8H2/t9-/m1/s1. The number of halogens is 3. The van der Waals surface area contributed by atoms with Crippen LogP contribution in [0.5, 0.6) is 0 Å². The van der Waals surface area contributed by atoms with Crippen LogP contribution in [0.1, 0.15) is 18.4 Å². The Kier molecular flexibility index (Phi) is 4.36. The summed E-state index contributed by atoms with van der Waals surface area (Å²) in [6.45, 7) is 0.680. The van der Waals surface area contributed by atoms with E-state index in [-0.39, 0.29) is 18.2 Å². The first kappa shape index (κ1) is 15.6. The number of alkyl halides is 3. The van der Waals surface area contributed by atoms with Crippen molar-refractivity contribution in [3.05, 3.63) is 33.9 Å². The third kappa shape index (κ3) is 3.44. The molecule has 0 bridgehead atoms. The summed E-state index contributed by atoms with van der Waals surface area (Å²) in [4.78, 5) is 11.4. The van der Waals surface area contributed by atoms with Crippen molar-refractivity contribution >= 4 is 11.4 Å². The summed E-state index contributed by atoms with van der Waals surface area (Å²) >= 11 is 0. The van der Waals surface area contributed by atoms with Gasteiger partial charge in [0.15, 0.2) is 0 Å². The maximum atomic E-state index is 13.1. The Bertz CT molecular complexity index is 534. The Morgan fingerprint density at radius 2 is 2.14 bits per heavy atom. The van der Waals surface area contributed by atoms with Crippen LogP contribution in [0.15, 0.2) is 18.2 Å². The average molecular weight is 304 g/mol. The van der Waals surface area contributed by atoms with Crippen LogP contribution in [-0.4, -0.2) is 29.7 Å². The largest absolute Gasteiger partial charge is 0.418 e. The number of hydrogen-bond donors (Lipinski definition) is 1. The Morgan fingerprint density at radius 3 is 2.71 bits per heavy atom. The highest BCUT2D eigenvalue weighted by Crippen LogP contribution is 2.39. The monoisotopic (exact) mass is 304 g/mol. The van der Waals surface area contributed by atoms with E-state index in [4.69, 9.17) is 5.11 Å². The SMILES string of the molecule is O=[N+]([O-])c1ccc(N2CCC[C@@H](CO)C2)c(C(F)(F)F)c1. The first-order valence-corrected chi connectivity index (χ1v) is 6.54. The molecule has 1 heterocycles. The third-order valence-electron chi connectivity index (χ3n) is 3.61. The van der Waals surface area contributed by atoms with Crippen molar-refractivity contribution in [2.45, 2.75) is 19.0 Å². The van der Waals surface area contributed by atoms with Crippen molar-refractivity contribution in [2.24, 2.45) is 5.92 Å². The fourth-order valence-electron chi connectivity index (χ4n) is 2.57. The molecule has 8 heteroatoms. The van der Waals surface area contributed by atoms with Crippen molar-refractivity contribution < 1.29 is 23.2 Å². The highest BCUT2D eigenvalue weighted by atomic mass is 19.4. The minimum Gasteiger partial charge on any atom is -0.396 e. The number of non-ortho nitro benzene ring substituents is 1. The van der Waals surface area contributed by atoms with Crippen LogP contribution in [0, 0.1) is 16.0 Å². The molecule has 116 valence electrons. The van der Waals surface area contributed by atoms with Gasteiger partial charge < -0.3 is 10.0 Å². The third-order valence-corrected chi connectivity index (χ3v) is 3.61. The molecule has 1 saturated heterocycles. The van der Waals surface area contributed by atoms with E-state index < -0.39 is 22.4 Å². The van der Waals surface area contributed by atoms with Gasteiger partial charge in [0.1, 0.15) is 0 Å². The normalized spacial score (nSPS) is 19.6. The predicted molar refractivity (Wildman–Crippen MR) is 70.1 cm³/mol. The van der Waals surface area contributed by atoms with Crippen LogP contribution in [-0.2, 0) is 6.18 Å². The van der Waals surface area contributed by atoms with Crippen LogP contribution in [0.4, 0.5) is 24.5 Å². The van der Waals surface area contributed by atoms with Gasteiger partial charge in [-0.3, -0.25) is 10.1 Å². The lowest BCUT2D eigenvalue weighted by Gasteiger charge is -2.35. The number of aliphatic hydroxyl groups is 1. The molecule has 5 nitrogen and oxygen atoms in total. The van der Waals surface area contributed by atoms with E-state index in [1.165, 1.54) is 4.90 Å². The molecular formula is C13H15F3N2O3. The van der Waals surface area contributed by atoms with E-state index in [0.717, 1.165) is 18.6 Å². The number of hydrogen-bond acceptors (Lipinski definition) is 4. The van der Waals surface area contributed by atoms with Crippen LogP contribution < -0.4 is 4.90 Å². The van der Waals surface area contributed by atoms with E-state index in [0.29, 0.717) is 25.6 Å². The van der Waals surface area contributed by atoms with Gasteiger partial charge in [0, 0.05) is 37.5 Å². The fraction of sp³-hybridized carbons (Fsp3) is 0.538. The van der Waals surface area contributed by atoms with Crippen molar-refractivity contribution in [3.8, 4) is 0 Å². The molecule has 0 unspecified atom stereocenters. The number of anilines is 1. The molecule has 1 aromatic carbocycles. The Morgan fingerprint density at radius 1 is 1.43 bits per heavy atom. The van der Waals surface area contributed by atoms with Gasteiger partial charge in [-0.15, -0.1) is 0 Å². The zero-order valence-electron chi connectivity index (χ0n) is 11.1. The fourth-order valence-corrected chi connectivity index (χ4v) is 2.57. The molecule has 1 N–H and O–H groups in total. The molecule has 0 spiro atoms. The lowest BCUT2D eigenvalue weighted by molar-refractivity contribution is -0.385. The smallest absolute Gasteiger partial charge is 0.396 e. The van der Waals surface area contributed by atoms with Crippen LogP contribution >= 0.6 is 0 Å². The van der Waals surface area contributed by atoms with Gasteiger partial charge in [0.25, 0.3) is 5.69 Å². The molecule has 1 aliphatic rings. The van der Waals surface area contributed by atoms with Crippen molar-refractivity contribution in [3.63, 3.8) is 0 Å². The summed E-state index contributed by atoms with van der Waals surface area (Å²) in [6.07, 6.45) is -3.21. The van der Waals surface area contributed by atoms with E-state index >= 15 is 0 Å². The molecule has 0 saturated carbocycles. The first-order valence-electron chi connectivity index (χ1n) is 6.54. The van der Waals surface area contributed by atoms with Crippen molar-refractivity contribution in [2.75, 3.05) is 24.6 Å². The first-order chi connectivity index (χ1) is 9.82. The number of aliphatic hydroxyl groups excluding tert-OH is 1. The second-order valence-electron chi connectivity index (χ2n) is 5.09. The lowest BCUT2D eigenvalue weighted by atomic mass is 9.97. The molecule has 0 amide bonds. The summed E-state index contributed by atoms with van der Waals surface area (Å²) < 4.78 is 39.4. The zero-order chi connectivity index (χ0) is 15.6. The average Bonchev–Trinajstić information content (AvgIpc) is 2.45. The van der Waals surface area contributed by atoms with E-state index in [1.807, 2.05) is 0 Å². The number of piperidine rings is 1. The molecule has 1 fully saturated rings. The summed E-state index contributed by atoms with van der Waals surface area (Å²) in [5.74, 6) is -0.0741. The molecular weight excluding hydrogens is 289 g/mol. The Balaban J connectivity index is 2.40. The van der Waals surface area contributed by atoms with Gasteiger partial charge in [0.05, 0.1) is 10.5 Å². The molecule has 0 aliphatic carbocycles. The van der Waals surface area contributed by atoms with Gasteiger partial charge in [-0.25, -0.2) is 0 Å². The van der Waals surface area contributed by atoms with Crippen LogP contribution in [0.25, 0.3) is 0 Å². The molecule has 1 aromatic rings. The van der Waals surface area contributed by atoms with Gasteiger partial charge in [0.2, 0.25) is 0 Å². The van der Waals surface area contributed by atoms with E-state index in [1.54, 1.807) is 0 Å². The lowest BCUT2D eigenvalue weighted by Crippen LogP contribution is -2.37. The van der Waals surface area contributed by atoms with Crippen LogP contribution in [0.3, 0.4) is 0 Å². The summed E-state index contributed by atoms with van der Waals surface area (Å²) in [5.41, 5.74) is -1.65. The predicted octanol–water partition coefficient (Wildman–Crippen LogP) is 2.82. The molecule has 1 aliphatic heterocycles. The minimum absolute atomic E-state index is 0.0637.